The lowest BCUT2D eigenvalue weighted by Gasteiger charge is -2.36. The number of nitrogens with zero attached hydrogens (tertiary/aromatic N) is 5. The molecule has 0 unspecified atom stereocenters. The molecule has 2 aromatic heterocycles. The molecule has 3 aliphatic rings. The van der Waals surface area contributed by atoms with E-state index < -0.39 is 5.60 Å². The Morgan fingerprint density at radius 2 is 1.69 bits per heavy atom. The molecule has 0 radical (unpaired) electrons. The van der Waals surface area contributed by atoms with E-state index >= 15 is 0 Å². The van der Waals surface area contributed by atoms with E-state index in [1.165, 1.54) is 0 Å². The summed E-state index contributed by atoms with van der Waals surface area (Å²) in [7, 11) is 0. The van der Waals surface area contributed by atoms with Crippen LogP contribution in [0.5, 0.6) is 5.75 Å². The van der Waals surface area contributed by atoms with E-state index in [4.69, 9.17) is 14.2 Å². The van der Waals surface area contributed by atoms with Crippen LogP contribution < -0.4 is 15.0 Å². The molecule has 10 heteroatoms. The highest BCUT2D eigenvalue weighted by Crippen LogP contribution is 2.33. The van der Waals surface area contributed by atoms with Crippen molar-refractivity contribution >= 4 is 22.7 Å². The van der Waals surface area contributed by atoms with Crippen LogP contribution in [0, 0.1) is 0 Å². The van der Waals surface area contributed by atoms with Crippen molar-refractivity contribution in [2.45, 2.75) is 43.4 Å². The topological polar surface area (TPSA) is 115 Å². The minimum atomic E-state index is -0.943. The average molecular weight is 479 g/mol. The number of benzene rings is 1. The molecule has 0 spiro atoms. The first-order chi connectivity index (χ1) is 17.2. The molecule has 0 atom stereocenters. The first-order valence-corrected chi connectivity index (χ1v) is 12.3. The molecule has 3 fully saturated rings. The van der Waals surface area contributed by atoms with Crippen molar-refractivity contribution in [2.24, 2.45) is 0 Å². The summed E-state index contributed by atoms with van der Waals surface area (Å²) in [6.07, 6.45) is 10.7. The molecule has 6 rings (SSSR count). The molecular weight excluding hydrogens is 448 g/mol. The van der Waals surface area contributed by atoms with Crippen LogP contribution in [-0.4, -0.2) is 76.7 Å². The smallest absolute Gasteiger partial charge is 0.222 e. The molecule has 184 valence electrons. The lowest BCUT2D eigenvalue weighted by atomic mass is 9.93. The SMILES string of the molecule is OC1(c2cnc(N[C@H]3CC[C@@H](Oc4cc(N5CCOCC5)cc5nccnc45)CC3)nc2)COC1. The van der Waals surface area contributed by atoms with Crippen LogP contribution >= 0.6 is 0 Å². The largest absolute Gasteiger partial charge is 0.488 e. The van der Waals surface area contributed by atoms with Crippen LogP contribution in [0.15, 0.2) is 36.9 Å². The van der Waals surface area contributed by atoms with Crippen LogP contribution in [-0.2, 0) is 15.1 Å². The van der Waals surface area contributed by atoms with Gasteiger partial charge in [0.25, 0.3) is 0 Å². The number of aliphatic hydroxyl groups is 1. The third kappa shape index (κ3) is 4.73. The number of morpholine rings is 1. The minimum absolute atomic E-state index is 0.120. The van der Waals surface area contributed by atoms with Gasteiger partial charge in [-0.3, -0.25) is 4.98 Å². The quantitative estimate of drug-likeness (QED) is 0.547. The summed E-state index contributed by atoms with van der Waals surface area (Å²) in [5.74, 6) is 1.38. The van der Waals surface area contributed by atoms with Crippen LogP contribution in [0.25, 0.3) is 11.0 Å². The fourth-order valence-corrected chi connectivity index (χ4v) is 4.91. The first kappa shape index (κ1) is 22.4. The van der Waals surface area contributed by atoms with E-state index in [0.29, 0.717) is 24.7 Å². The molecule has 1 aromatic carbocycles. The zero-order valence-corrected chi connectivity index (χ0v) is 19.6. The molecule has 35 heavy (non-hydrogen) atoms. The Hall–Kier alpha value is -3.08. The van der Waals surface area contributed by atoms with Crippen LogP contribution in [0.4, 0.5) is 11.6 Å². The Kier molecular flexibility index (Phi) is 6.09. The molecule has 1 saturated carbocycles. The summed E-state index contributed by atoms with van der Waals surface area (Å²) in [6, 6.07) is 4.47. The number of hydrogen-bond acceptors (Lipinski definition) is 10. The Labute approximate surface area is 203 Å². The molecule has 3 aromatic rings. The van der Waals surface area contributed by atoms with Crippen molar-refractivity contribution < 1.29 is 19.3 Å². The Bertz CT molecular complexity index is 1160. The van der Waals surface area contributed by atoms with E-state index in [1.807, 2.05) is 0 Å². The number of nitrogens with one attached hydrogen (secondary N) is 1. The van der Waals surface area contributed by atoms with Crippen molar-refractivity contribution in [3.63, 3.8) is 0 Å². The molecular formula is C25H30N6O4. The third-order valence-electron chi connectivity index (χ3n) is 7.07. The van der Waals surface area contributed by atoms with Gasteiger partial charge >= 0.3 is 0 Å². The maximum absolute atomic E-state index is 10.3. The van der Waals surface area contributed by atoms with E-state index in [2.05, 4.69) is 42.3 Å². The zero-order valence-electron chi connectivity index (χ0n) is 19.6. The number of anilines is 2. The second-order valence-electron chi connectivity index (χ2n) is 9.52. The van der Waals surface area contributed by atoms with Gasteiger partial charge in [-0.05, 0) is 31.7 Å². The molecule has 4 heterocycles. The van der Waals surface area contributed by atoms with E-state index in [-0.39, 0.29) is 12.1 Å². The monoisotopic (exact) mass is 478 g/mol. The van der Waals surface area contributed by atoms with Crippen molar-refractivity contribution in [3.8, 4) is 5.75 Å². The van der Waals surface area contributed by atoms with Gasteiger partial charge in [0.2, 0.25) is 5.95 Å². The van der Waals surface area contributed by atoms with Gasteiger partial charge in [0.05, 0.1) is 38.0 Å². The van der Waals surface area contributed by atoms with E-state index in [0.717, 1.165) is 74.5 Å². The number of rotatable bonds is 6. The van der Waals surface area contributed by atoms with Gasteiger partial charge in [0.15, 0.2) is 0 Å². The highest BCUT2D eigenvalue weighted by molar-refractivity contribution is 5.85. The van der Waals surface area contributed by atoms with Gasteiger partial charge in [-0.15, -0.1) is 0 Å². The maximum atomic E-state index is 10.3. The van der Waals surface area contributed by atoms with Crippen molar-refractivity contribution in [2.75, 3.05) is 49.7 Å². The summed E-state index contributed by atoms with van der Waals surface area (Å²) in [6.45, 7) is 3.77. The zero-order chi connectivity index (χ0) is 23.7. The molecule has 0 amide bonds. The van der Waals surface area contributed by atoms with Crippen LogP contribution in [0.3, 0.4) is 0 Å². The van der Waals surface area contributed by atoms with Crippen molar-refractivity contribution in [3.05, 3.63) is 42.5 Å². The Balaban J connectivity index is 1.09. The Morgan fingerprint density at radius 1 is 0.943 bits per heavy atom. The van der Waals surface area contributed by atoms with Crippen molar-refractivity contribution in [1.29, 1.82) is 0 Å². The number of aromatic nitrogens is 4. The van der Waals surface area contributed by atoms with Gasteiger partial charge in [-0.25, -0.2) is 15.0 Å². The minimum Gasteiger partial charge on any atom is -0.488 e. The molecule has 2 saturated heterocycles. The van der Waals surface area contributed by atoms with Gasteiger partial charge in [0.1, 0.15) is 16.9 Å². The highest BCUT2D eigenvalue weighted by atomic mass is 16.5. The predicted octanol–water partition coefficient (Wildman–Crippen LogP) is 2.28. The average Bonchev–Trinajstić information content (AvgIpc) is 2.89. The second kappa shape index (κ2) is 9.52. The lowest BCUT2D eigenvalue weighted by Crippen LogP contribution is -2.46. The normalized spacial score (nSPS) is 24.1. The third-order valence-corrected chi connectivity index (χ3v) is 7.07. The van der Waals surface area contributed by atoms with Gasteiger partial charge in [0, 0.05) is 61.2 Å². The van der Waals surface area contributed by atoms with Gasteiger partial charge in [-0.2, -0.15) is 0 Å². The highest BCUT2D eigenvalue weighted by Gasteiger charge is 2.38. The predicted molar refractivity (Wildman–Crippen MR) is 130 cm³/mol. The van der Waals surface area contributed by atoms with Crippen molar-refractivity contribution in [1.82, 2.24) is 19.9 Å². The van der Waals surface area contributed by atoms with E-state index in [1.54, 1.807) is 24.8 Å². The molecule has 1 aliphatic carbocycles. The van der Waals surface area contributed by atoms with Crippen LogP contribution in [0.1, 0.15) is 31.2 Å². The van der Waals surface area contributed by atoms with Gasteiger partial charge in [-0.1, -0.05) is 0 Å². The fourth-order valence-electron chi connectivity index (χ4n) is 4.91. The summed E-state index contributed by atoms with van der Waals surface area (Å²) in [5.41, 5.74) is 2.51. The Morgan fingerprint density at radius 3 is 2.40 bits per heavy atom. The van der Waals surface area contributed by atoms with E-state index in [9.17, 15) is 5.11 Å². The number of fused-ring (bicyclic) bond motifs is 1. The summed E-state index contributed by atoms with van der Waals surface area (Å²) in [5, 5.41) is 13.8. The second-order valence-corrected chi connectivity index (χ2v) is 9.52. The summed E-state index contributed by atoms with van der Waals surface area (Å²) < 4.78 is 17.1. The molecule has 2 aliphatic heterocycles. The maximum Gasteiger partial charge on any atom is 0.222 e. The molecule has 2 N–H and O–H groups in total. The fraction of sp³-hybridized carbons (Fsp3) is 0.520. The number of ether oxygens (including phenoxy) is 3. The lowest BCUT2D eigenvalue weighted by molar-refractivity contribution is -0.184. The molecule has 0 bridgehead atoms. The summed E-state index contributed by atoms with van der Waals surface area (Å²) >= 11 is 0. The standard InChI is InChI=1S/C25H30N6O4/c32-25(15-34-16-25)17-13-28-24(29-14-17)30-18-1-3-20(4-2-18)35-22-12-19(31-7-9-33-10-8-31)11-21-23(22)27-6-5-26-21/h5-6,11-14,18,20,32H,1-4,7-10,15-16H2,(H,28,29,30)/t18-,20+. The van der Waals surface area contributed by atoms with Crippen LogP contribution in [0.2, 0.25) is 0 Å². The summed E-state index contributed by atoms with van der Waals surface area (Å²) in [4.78, 5) is 20.2. The number of hydrogen-bond donors (Lipinski definition) is 2. The first-order valence-electron chi connectivity index (χ1n) is 12.3. The van der Waals surface area contributed by atoms with Gasteiger partial charge < -0.3 is 29.5 Å². The molecule has 10 nitrogen and oxygen atoms in total.